The number of hydrogen-bond acceptors (Lipinski definition) is 3. The summed E-state index contributed by atoms with van der Waals surface area (Å²) >= 11 is 10.2. The molecule has 0 aromatic carbocycles. The summed E-state index contributed by atoms with van der Waals surface area (Å²) < 4.78 is 3.68. The molecule has 0 aliphatic carbocycles. The second-order valence-electron chi connectivity index (χ2n) is 1.04. The molecule has 0 saturated carbocycles. The van der Waals surface area contributed by atoms with E-state index in [1.807, 2.05) is 0 Å². The van der Waals surface area contributed by atoms with Gasteiger partial charge in [0.25, 0.3) is 0 Å². The molecule has 0 atom stereocenters. The molecule has 0 aliphatic rings. The molecular formula is C3H3NS3. The lowest BCUT2D eigenvalue weighted by Gasteiger charge is -1.65. The van der Waals surface area contributed by atoms with Gasteiger partial charge in [0, 0.05) is 6.20 Å². The second-order valence-corrected chi connectivity index (χ2v) is 3.03. The van der Waals surface area contributed by atoms with Crippen LogP contribution in [0.25, 0.3) is 0 Å². The molecule has 0 aliphatic heterocycles. The Hall–Kier alpha value is 0.200. The lowest BCUT2D eigenvalue weighted by atomic mass is 10.8. The molecule has 7 heavy (non-hydrogen) atoms. The van der Waals surface area contributed by atoms with Crippen LogP contribution in [0.2, 0.25) is 0 Å². The van der Waals surface area contributed by atoms with Gasteiger partial charge in [0.05, 0.1) is 4.90 Å². The molecule has 0 saturated heterocycles. The smallest absolute Gasteiger partial charge is 0.122 e. The fourth-order valence-electron chi connectivity index (χ4n) is 0.250. The summed E-state index contributed by atoms with van der Waals surface area (Å²) in [6.45, 7) is 0. The van der Waals surface area contributed by atoms with Crippen molar-refractivity contribution in [1.29, 1.82) is 0 Å². The number of aromatic amines is 1. The first-order valence-electron chi connectivity index (χ1n) is 1.66. The van der Waals surface area contributed by atoms with E-state index in [4.69, 9.17) is 12.2 Å². The molecule has 0 unspecified atom stereocenters. The fraction of sp³-hybridized carbons (Fsp3) is 0. The summed E-state index contributed by atoms with van der Waals surface area (Å²) in [7, 11) is 0. The van der Waals surface area contributed by atoms with E-state index in [1.165, 1.54) is 11.5 Å². The Kier molecular flexibility index (Phi) is 1.51. The van der Waals surface area contributed by atoms with E-state index in [-0.39, 0.29) is 0 Å². The quantitative estimate of drug-likeness (QED) is 0.426. The maximum Gasteiger partial charge on any atom is 0.122 e. The molecule has 1 heterocycles. The molecule has 0 radical (unpaired) electrons. The minimum atomic E-state index is 0.823. The van der Waals surface area contributed by atoms with Crippen LogP contribution in [-0.4, -0.2) is 4.37 Å². The van der Waals surface area contributed by atoms with Gasteiger partial charge in [-0.2, -0.15) is 0 Å². The maximum atomic E-state index is 4.80. The molecule has 1 nitrogen and oxygen atoms in total. The zero-order chi connectivity index (χ0) is 5.28. The Morgan fingerprint density at radius 3 is 2.71 bits per heavy atom. The number of aromatic nitrogens is 1. The van der Waals surface area contributed by atoms with Gasteiger partial charge in [-0.25, -0.2) is 0 Å². The summed E-state index contributed by atoms with van der Waals surface area (Å²) in [5.41, 5.74) is 0. The van der Waals surface area contributed by atoms with Crippen LogP contribution >= 0.6 is 36.4 Å². The highest BCUT2D eigenvalue weighted by Gasteiger charge is 1.84. The Labute approximate surface area is 55.9 Å². The van der Waals surface area contributed by atoms with Crippen LogP contribution in [0.15, 0.2) is 11.1 Å². The SMILES string of the molecule is S=c1s[nH]cc1S. The van der Waals surface area contributed by atoms with Crippen molar-refractivity contribution in [2.24, 2.45) is 0 Å². The third-order valence-corrected chi connectivity index (χ3v) is 2.32. The monoisotopic (exact) mass is 149 g/mol. The summed E-state index contributed by atoms with van der Waals surface area (Å²) in [5, 5.41) is 0. The third kappa shape index (κ3) is 1.05. The largest absolute Gasteiger partial charge is 0.316 e. The summed E-state index contributed by atoms with van der Waals surface area (Å²) in [6, 6.07) is 0. The van der Waals surface area contributed by atoms with E-state index in [0.29, 0.717) is 0 Å². The molecular weight excluding hydrogens is 146 g/mol. The van der Waals surface area contributed by atoms with Gasteiger partial charge in [-0.05, 0) is 11.5 Å². The van der Waals surface area contributed by atoms with E-state index < -0.39 is 0 Å². The van der Waals surface area contributed by atoms with Crippen LogP contribution in [0.5, 0.6) is 0 Å². The number of hydrogen-bond donors (Lipinski definition) is 2. The third-order valence-electron chi connectivity index (χ3n) is 0.556. The van der Waals surface area contributed by atoms with E-state index in [0.717, 1.165) is 8.72 Å². The van der Waals surface area contributed by atoms with Gasteiger partial charge in [-0.15, -0.1) is 12.6 Å². The predicted molar refractivity (Wildman–Crippen MR) is 36.8 cm³/mol. The average molecular weight is 149 g/mol. The minimum Gasteiger partial charge on any atom is -0.316 e. The molecule has 38 valence electrons. The molecule has 1 aromatic heterocycles. The van der Waals surface area contributed by atoms with Gasteiger partial charge >= 0.3 is 0 Å². The first kappa shape index (κ1) is 5.34. The van der Waals surface area contributed by atoms with E-state index >= 15 is 0 Å². The molecule has 1 N–H and O–H groups in total. The minimum absolute atomic E-state index is 0.823. The van der Waals surface area contributed by atoms with Crippen LogP contribution < -0.4 is 0 Å². The van der Waals surface area contributed by atoms with Crippen LogP contribution in [-0.2, 0) is 0 Å². The predicted octanol–water partition coefficient (Wildman–Crippen LogP) is 2.09. The van der Waals surface area contributed by atoms with Crippen molar-refractivity contribution in [2.45, 2.75) is 4.90 Å². The first-order valence-corrected chi connectivity index (χ1v) is 3.34. The zero-order valence-electron chi connectivity index (χ0n) is 3.34. The second kappa shape index (κ2) is 1.98. The van der Waals surface area contributed by atoms with Gasteiger partial charge in [-0.3, -0.25) is 0 Å². The Morgan fingerprint density at radius 1 is 1.86 bits per heavy atom. The van der Waals surface area contributed by atoms with Gasteiger partial charge in [-0.1, -0.05) is 12.2 Å². The van der Waals surface area contributed by atoms with Gasteiger partial charge in [0.1, 0.15) is 3.82 Å². The number of thiol groups is 1. The van der Waals surface area contributed by atoms with Crippen molar-refractivity contribution < 1.29 is 0 Å². The molecule has 0 spiro atoms. The van der Waals surface area contributed by atoms with Gasteiger partial charge in [0.2, 0.25) is 0 Å². The standard InChI is InChI=1S/C3H3NS3/c5-2-1-4-7-3(2)6/h1,4-5H. The average Bonchev–Trinajstić information content (AvgIpc) is 1.91. The Balaban J connectivity index is 3.39. The Bertz CT molecular complexity index is 198. The van der Waals surface area contributed by atoms with Crippen molar-refractivity contribution in [1.82, 2.24) is 4.37 Å². The highest BCUT2D eigenvalue weighted by Crippen LogP contribution is 2.09. The number of nitrogens with one attached hydrogen (secondary N) is 1. The summed E-state index contributed by atoms with van der Waals surface area (Å²) in [6.07, 6.45) is 1.77. The first-order chi connectivity index (χ1) is 3.30. The molecule has 4 heteroatoms. The highest BCUT2D eigenvalue weighted by molar-refractivity contribution is 7.81. The van der Waals surface area contributed by atoms with Crippen LogP contribution in [0.1, 0.15) is 0 Å². The number of H-pyrrole nitrogens is 1. The van der Waals surface area contributed by atoms with Crippen molar-refractivity contribution >= 4 is 36.4 Å². The molecule has 1 rings (SSSR count). The van der Waals surface area contributed by atoms with Crippen molar-refractivity contribution in [3.8, 4) is 0 Å². The van der Waals surface area contributed by atoms with Crippen LogP contribution in [0.3, 0.4) is 0 Å². The molecule has 0 amide bonds. The molecule has 0 bridgehead atoms. The highest BCUT2D eigenvalue weighted by atomic mass is 32.2. The van der Waals surface area contributed by atoms with Crippen molar-refractivity contribution in [3.05, 3.63) is 10.0 Å². The summed E-state index contributed by atoms with van der Waals surface area (Å²) in [4.78, 5) is 0.861. The number of rotatable bonds is 0. The van der Waals surface area contributed by atoms with Crippen molar-refractivity contribution in [3.63, 3.8) is 0 Å². The topological polar surface area (TPSA) is 15.8 Å². The Morgan fingerprint density at radius 2 is 2.57 bits per heavy atom. The molecule has 0 fully saturated rings. The maximum absolute atomic E-state index is 4.80. The lowest BCUT2D eigenvalue weighted by molar-refractivity contribution is 1.44. The zero-order valence-corrected chi connectivity index (χ0v) is 5.87. The van der Waals surface area contributed by atoms with Crippen molar-refractivity contribution in [2.75, 3.05) is 0 Å². The summed E-state index contributed by atoms with van der Waals surface area (Å²) in [5.74, 6) is 0. The fourth-order valence-corrected chi connectivity index (χ4v) is 1.19. The van der Waals surface area contributed by atoms with E-state index in [9.17, 15) is 0 Å². The van der Waals surface area contributed by atoms with E-state index in [2.05, 4.69) is 17.0 Å². The van der Waals surface area contributed by atoms with Gasteiger partial charge in [0.15, 0.2) is 0 Å². The van der Waals surface area contributed by atoms with Crippen LogP contribution in [0, 0.1) is 3.82 Å². The molecule has 1 aromatic rings. The van der Waals surface area contributed by atoms with Crippen LogP contribution in [0.4, 0.5) is 0 Å². The normalized spacial score (nSPS) is 9.29. The van der Waals surface area contributed by atoms with E-state index in [1.54, 1.807) is 6.20 Å². The lowest BCUT2D eigenvalue weighted by Crippen LogP contribution is -1.45. The van der Waals surface area contributed by atoms with Gasteiger partial charge < -0.3 is 4.37 Å².